The molecule has 0 aromatic heterocycles. The first-order chi connectivity index (χ1) is 7.85. The van der Waals surface area contributed by atoms with Gasteiger partial charge in [-0.3, -0.25) is 0 Å². The molecule has 1 saturated heterocycles. The largest absolute Gasteiger partial charge is 0.450 e. The van der Waals surface area contributed by atoms with E-state index >= 15 is 0 Å². The summed E-state index contributed by atoms with van der Waals surface area (Å²) in [5.41, 5.74) is 0. The van der Waals surface area contributed by atoms with Gasteiger partial charge in [0.05, 0.1) is 19.8 Å². The maximum Gasteiger partial charge on any atom is 0.410 e. The molecule has 0 N–H and O–H groups in total. The minimum absolute atomic E-state index is 0.0846. The Morgan fingerprint density at radius 3 is 2.59 bits per heavy atom. The van der Waals surface area contributed by atoms with E-state index in [9.17, 15) is 4.79 Å². The van der Waals surface area contributed by atoms with Crippen LogP contribution in [0.15, 0.2) is 0 Å². The molecule has 1 amide bonds. The molecule has 1 aliphatic heterocycles. The zero-order chi connectivity index (χ0) is 13.1. The Morgan fingerprint density at radius 2 is 2.18 bits per heavy atom. The zero-order valence-electron chi connectivity index (χ0n) is 11.4. The van der Waals surface area contributed by atoms with E-state index in [4.69, 9.17) is 14.2 Å². The van der Waals surface area contributed by atoms with Crippen molar-refractivity contribution >= 4 is 6.09 Å². The van der Waals surface area contributed by atoms with Gasteiger partial charge >= 0.3 is 6.09 Å². The predicted octanol–water partition coefficient (Wildman–Crippen LogP) is 2.00. The highest BCUT2D eigenvalue weighted by molar-refractivity contribution is 5.67. The highest BCUT2D eigenvalue weighted by Gasteiger charge is 2.35. The van der Waals surface area contributed by atoms with Gasteiger partial charge in [0.15, 0.2) is 5.79 Å². The van der Waals surface area contributed by atoms with Crippen LogP contribution in [0.3, 0.4) is 0 Å². The smallest absolute Gasteiger partial charge is 0.410 e. The summed E-state index contributed by atoms with van der Waals surface area (Å²) in [5.74, 6) is -0.554. The number of carbonyl (C=O) groups excluding carboxylic acids is 1. The summed E-state index contributed by atoms with van der Waals surface area (Å²) in [6.07, 6.45) is -0.382. The second-order valence-corrected chi connectivity index (χ2v) is 4.90. The molecular formula is C12H23NO4. The third-order valence-corrected chi connectivity index (χ3v) is 2.59. The summed E-state index contributed by atoms with van der Waals surface area (Å²) in [6.45, 7) is 10.9. The van der Waals surface area contributed by atoms with Crippen molar-refractivity contribution in [2.24, 2.45) is 0 Å². The van der Waals surface area contributed by atoms with Crippen LogP contribution in [0.4, 0.5) is 4.79 Å². The third-order valence-electron chi connectivity index (χ3n) is 2.59. The van der Waals surface area contributed by atoms with Gasteiger partial charge in [-0.25, -0.2) is 4.79 Å². The normalized spacial score (nSPS) is 22.8. The number of nitrogens with zero attached hydrogens (tertiary/aromatic N) is 1. The SMILES string of the molecule is CCOC(=O)N(C[C@H]1COC(C)(C)O1)C(C)C. The zero-order valence-corrected chi connectivity index (χ0v) is 11.4. The first kappa shape index (κ1) is 14.3. The average molecular weight is 245 g/mol. The van der Waals surface area contributed by atoms with Crippen molar-refractivity contribution in [1.82, 2.24) is 4.90 Å². The first-order valence-corrected chi connectivity index (χ1v) is 6.11. The van der Waals surface area contributed by atoms with Crippen LogP contribution in [0, 0.1) is 0 Å². The molecule has 0 spiro atoms. The summed E-state index contributed by atoms with van der Waals surface area (Å²) < 4.78 is 16.2. The van der Waals surface area contributed by atoms with Gasteiger partial charge < -0.3 is 19.1 Å². The second-order valence-electron chi connectivity index (χ2n) is 4.90. The van der Waals surface area contributed by atoms with Gasteiger partial charge in [-0.15, -0.1) is 0 Å². The Balaban J connectivity index is 2.53. The van der Waals surface area contributed by atoms with E-state index < -0.39 is 5.79 Å². The molecular weight excluding hydrogens is 222 g/mol. The van der Waals surface area contributed by atoms with Gasteiger partial charge in [0.1, 0.15) is 6.10 Å². The van der Waals surface area contributed by atoms with Crippen LogP contribution in [0.5, 0.6) is 0 Å². The molecule has 1 fully saturated rings. The van der Waals surface area contributed by atoms with Crippen molar-refractivity contribution in [3.05, 3.63) is 0 Å². The van der Waals surface area contributed by atoms with E-state index in [2.05, 4.69) is 0 Å². The Kier molecular flexibility index (Phi) is 4.77. The van der Waals surface area contributed by atoms with Gasteiger partial charge in [0, 0.05) is 6.04 Å². The van der Waals surface area contributed by atoms with E-state index in [0.717, 1.165) is 0 Å². The highest BCUT2D eigenvalue weighted by atomic mass is 16.7. The summed E-state index contributed by atoms with van der Waals surface area (Å²) in [4.78, 5) is 13.4. The minimum atomic E-state index is -0.554. The van der Waals surface area contributed by atoms with Crippen LogP contribution in [0.1, 0.15) is 34.6 Å². The van der Waals surface area contributed by atoms with E-state index in [-0.39, 0.29) is 18.2 Å². The number of ether oxygens (including phenoxy) is 3. The summed E-state index contributed by atoms with van der Waals surface area (Å²) in [6, 6.07) is 0.0846. The van der Waals surface area contributed by atoms with E-state index in [1.165, 1.54) is 0 Å². The Morgan fingerprint density at radius 1 is 1.53 bits per heavy atom. The second kappa shape index (κ2) is 5.69. The number of carbonyl (C=O) groups is 1. The molecule has 0 aromatic rings. The summed E-state index contributed by atoms with van der Waals surface area (Å²) in [5, 5.41) is 0. The summed E-state index contributed by atoms with van der Waals surface area (Å²) >= 11 is 0. The van der Waals surface area contributed by atoms with Gasteiger partial charge in [-0.05, 0) is 34.6 Å². The number of amides is 1. The number of hydrogen-bond donors (Lipinski definition) is 0. The first-order valence-electron chi connectivity index (χ1n) is 6.11. The lowest BCUT2D eigenvalue weighted by Gasteiger charge is -2.28. The molecule has 1 aliphatic rings. The molecule has 17 heavy (non-hydrogen) atoms. The average Bonchev–Trinajstić information content (AvgIpc) is 2.54. The van der Waals surface area contributed by atoms with Crippen molar-refractivity contribution in [2.75, 3.05) is 19.8 Å². The van der Waals surface area contributed by atoms with Crippen molar-refractivity contribution in [3.8, 4) is 0 Å². The standard InChI is InChI=1S/C12H23NO4/c1-6-15-11(14)13(9(2)3)7-10-8-16-12(4,5)17-10/h9-10H,6-8H2,1-5H3/t10-/m0/s1. The molecule has 0 saturated carbocycles. The van der Waals surface area contributed by atoms with Crippen LogP contribution >= 0.6 is 0 Å². The Labute approximate surface area is 103 Å². The molecule has 5 heteroatoms. The van der Waals surface area contributed by atoms with E-state index in [1.807, 2.05) is 27.7 Å². The highest BCUT2D eigenvalue weighted by Crippen LogP contribution is 2.23. The number of rotatable bonds is 4. The van der Waals surface area contributed by atoms with Crippen LogP contribution in [0.2, 0.25) is 0 Å². The Bertz CT molecular complexity index is 265. The fourth-order valence-electron chi connectivity index (χ4n) is 1.77. The lowest BCUT2D eigenvalue weighted by Crippen LogP contribution is -2.43. The monoisotopic (exact) mass is 245 g/mol. The fraction of sp³-hybridized carbons (Fsp3) is 0.917. The minimum Gasteiger partial charge on any atom is -0.450 e. The lowest BCUT2D eigenvalue weighted by atomic mass is 10.3. The van der Waals surface area contributed by atoms with Crippen molar-refractivity contribution in [2.45, 2.75) is 52.6 Å². The third kappa shape index (κ3) is 4.16. The maximum atomic E-state index is 11.7. The molecule has 100 valence electrons. The van der Waals surface area contributed by atoms with Crippen molar-refractivity contribution in [3.63, 3.8) is 0 Å². The number of hydrogen-bond acceptors (Lipinski definition) is 4. The molecule has 0 aromatic carbocycles. The fourth-order valence-corrected chi connectivity index (χ4v) is 1.77. The van der Waals surface area contributed by atoms with Crippen molar-refractivity contribution in [1.29, 1.82) is 0 Å². The molecule has 1 heterocycles. The molecule has 1 rings (SSSR count). The Hall–Kier alpha value is -0.810. The van der Waals surface area contributed by atoms with Crippen LogP contribution in [-0.4, -0.2) is 48.7 Å². The lowest BCUT2D eigenvalue weighted by molar-refractivity contribution is -0.140. The van der Waals surface area contributed by atoms with E-state index in [1.54, 1.807) is 11.8 Å². The molecule has 0 unspecified atom stereocenters. The van der Waals surface area contributed by atoms with Crippen LogP contribution in [-0.2, 0) is 14.2 Å². The van der Waals surface area contributed by atoms with Gasteiger partial charge in [0.25, 0.3) is 0 Å². The molecule has 0 aliphatic carbocycles. The van der Waals surface area contributed by atoms with Crippen LogP contribution in [0.25, 0.3) is 0 Å². The summed E-state index contributed by atoms with van der Waals surface area (Å²) in [7, 11) is 0. The topological polar surface area (TPSA) is 48.0 Å². The van der Waals surface area contributed by atoms with E-state index in [0.29, 0.717) is 19.8 Å². The molecule has 0 bridgehead atoms. The molecule has 0 radical (unpaired) electrons. The molecule has 5 nitrogen and oxygen atoms in total. The predicted molar refractivity (Wildman–Crippen MR) is 63.8 cm³/mol. The van der Waals surface area contributed by atoms with Crippen LogP contribution < -0.4 is 0 Å². The van der Waals surface area contributed by atoms with Gasteiger partial charge in [-0.2, -0.15) is 0 Å². The maximum absolute atomic E-state index is 11.7. The van der Waals surface area contributed by atoms with Gasteiger partial charge in [0.2, 0.25) is 0 Å². The van der Waals surface area contributed by atoms with Crippen molar-refractivity contribution < 1.29 is 19.0 Å². The quantitative estimate of drug-likeness (QED) is 0.760. The molecule has 1 atom stereocenters. The van der Waals surface area contributed by atoms with Gasteiger partial charge in [-0.1, -0.05) is 0 Å².